The number of rotatable bonds is 18. The summed E-state index contributed by atoms with van der Waals surface area (Å²) in [5.41, 5.74) is 17.2. The lowest BCUT2D eigenvalue weighted by molar-refractivity contribution is -0.142. The first-order chi connectivity index (χ1) is 18.3. The van der Waals surface area contributed by atoms with Crippen LogP contribution < -0.4 is 33.2 Å². The topological polar surface area (TPSA) is 240 Å². The van der Waals surface area contributed by atoms with Gasteiger partial charge in [0.15, 0.2) is 0 Å². The van der Waals surface area contributed by atoms with Gasteiger partial charge in [0.1, 0.15) is 23.9 Å². The highest BCUT2D eigenvalue weighted by Crippen LogP contribution is 2.13. The summed E-state index contributed by atoms with van der Waals surface area (Å²) in [5.74, 6) is -3.92. The largest absolute Gasteiger partial charge is 0.508 e. The van der Waals surface area contributed by atoms with Crippen molar-refractivity contribution in [1.29, 1.82) is 0 Å². The zero-order valence-corrected chi connectivity index (χ0v) is 22.5. The first-order valence-corrected chi connectivity index (χ1v) is 13.0. The molecule has 0 heterocycles. The first-order valence-electron chi connectivity index (χ1n) is 13.0. The van der Waals surface area contributed by atoms with Crippen molar-refractivity contribution in [1.82, 2.24) is 16.0 Å². The molecular weight excluding hydrogens is 508 g/mol. The van der Waals surface area contributed by atoms with E-state index in [9.17, 15) is 34.2 Å². The van der Waals surface area contributed by atoms with Gasteiger partial charge in [-0.05, 0) is 62.3 Å². The Bertz CT molecular complexity index is 970. The monoisotopic (exact) mass is 550 g/mol. The summed E-state index contributed by atoms with van der Waals surface area (Å²) >= 11 is 0. The van der Waals surface area contributed by atoms with Crippen molar-refractivity contribution in [3.05, 3.63) is 29.8 Å². The Hall–Kier alpha value is -3.71. The molecule has 0 spiro atoms. The summed E-state index contributed by atoms with van der Waals surface area (Å²) in [6.07, 6.45) is 1.16. The molecule has 39 heavy (non-hydrogen) atoms. The smallest absolute Gasteiger partial charge is 0.326 e. The normalized spacial score (nSPS) is 14.1. The molecule has 218 valence electrons. The van der Waals surface area contributed by atoms with E-state index in [1.165, 1.54) is 12.1 Å². The van der Waals surface area contributed by atoms with Crippen molar-refractivity contribution < 1.29 is 34.2 Å². The highest BCUT2D eigenvalue weighted by Gasteiger charge is 2.30. The minimum absolute atomic E-state index is 0.00148. The molecule has 4 unspecified atom stereocenters. The first kappa shape index (κ1) is 33.3. The maximum atomic E-state index is 13.3. The van der Waals surface area contributed by atoms with Gasteiger partial charge in [0.2, 0.25) is 23.6 Å². The molecule has 0 aliphatic rings. The number of amides is 4. The zero-order valence-electron chi connectivity index (χ0n) is 22.5. The average Bonchev–Trinajstić information content (AvgIpc) is 2.85. The van der Waals surface area contributed by atoms with Crippen molar-refractivity contribution in [2.45, 2.75) is 83.0 Å². The third-order valence-electron chi connectivity index (χ3n) is 5.95. The van der Waals surface area contributed by atoms with Gasteiger partial charge in [0.25, 0.3) is 0 Å². The van der Waals surface area contributed by atoms with E-state index in [2.05, 4.69) is 16.0 Å². The summed E-state index contributed by atoms with van der Waals surface area (Å²) in [6, 6.07) is 1.35. The number of carbonyl (C=O) groups excluding carboxylic acids is 4. The molecular formula is C26H42N6O7. The minimum atomic E-state index is -1.24. The van der Waals surface area contributed by atoms with Crippen molar-refractivity contribution in [3.8, 4) is 5.75 Å². The van der Waals surface area contributed by atoms with E-state index >= 15 is 0 Å². The van der Waals surface area contributed by atoms with Crippen LogP contribution in [-0.4, -0.2) is 70.5 Å². The highest BCUT2D eigenvalue weighted by atomic mass is 16.4. The van der Waals surface area contributed by atoms with Crippen LogP contribution in [0.5, 0.6) is 5.75 Å². The molecule has 11 N–H and O–H groups in total. The van der Waals surface area contributed by atoms with Crippen LogP contribution in [0.3, 0.4) is 0 Å². The number of nitrogens with two attached hydrogens (primary N) is 3. The van der Waals surface area contributed by atoms with E-state index < -0.39 is 53.8 Å². The predicted molar refractivity (Wildman–Crippen MR) is 144 cm³/mol. The molecule has 0 saturated heterocycles. The van der Waals surface area contributed by atoms with E-state index in [0.29, 0.717) is 31.4 Å². The fourth-order valence-corrected chi connectivity index (χ4v) is 3.82. The van der Waals surface area contributed by atoms with Gasteiger partial charge in [-0.1, -0.05) is 26.0 Å². The molecule has 4 atom stereocenters. The lowest BCUT2D eigenvalue weighted by Gasteiger charge is -2.25. The molecule has 1 aromatic rings. The number of nitrogens with one attached hydrogen (secondary N) is 3. The Kier molecular flexibility index (Phi) is 14.5. The van der Waals surface area contributed by atoms with Crippen LogP contribution in [0.15, 0.2) is 24.3 Å². The molecule has 0 saturated carbocycles. The third-order valence-corrected chi connectivity index (χ3v) is 5.95. The van der Waals surface area contributed by atoms with Gasteiger partial charge in [0, 0.05) is 12.8 Å². The van der Waals surface area contributed by atoms with Gasteiger partial charge in [-0.3, -0.25) is 19.2 Å². The number of hydrogen-bond donors (Lipinski definition) is 8. The Morgan fingerprint density at radius 1 is 0.846 bits per heavy atom. The van der Waals surface area contributed by atoms with Gasteiger partial charge < -0.3 is 43.4 Å². The second-order valence-corrected chi connectivity index (χ2v) is 9.92. The van der Waals surface area contributed by atoms with E-state index in [0.717, 1.165) is 0 Å². The molecule has 0 aromatic heterocycles. The van der Waals surface area contributed by atoms with Crippen LogP contribution in [-0.2, 0) is 30.4 Å². The number of benzene rings is 1. The molecule has 13 heteroatoms. The van der Waals surface area contributed by atoms with Gasteiger partial charge in [-0.2, -0.15) is 0 Å². The molecule has 0 aliphatic heterocycles. The third kappa shape index (κ3) is 13.1. The number of carbonyl (C=O) groups is 5. The maximum Gasteiger partial charge on any atom is 0.326 e. The van der Waals surface area contributed by atoms with E-state index in [1.807, 2.05) is 13.8 Å². The average molecular weight is 551 g/mol. The van der Waals surface area contributed by atoms with Crippen molar-refractivity contribution in [3.63, 3.8) is 0 Å². The number of aromatic hydroxyl groups is 1. The molecule has 1 aromatic carbocycles. The number of carboxylic acid groups (broad SMARTS) is 1. The van der Waals surface area contributed by atoms with Crippen molar-refractivity contribution in [2.75, 3.05) is 6.54 Å². The summed E-state index contributed by atoms with van der Waals surface area (Å²) in [7, 11) is 0. The molecule has 0 aliphatic carbocycles. The number of carboxylic acids is 1. The van der Waals surface area contributed by atoms with Crippen LogP contribution in [0.4, 0.5) is 0 Å². The fraction of sp³-hybridized carbons (Fsp3) is 0.577. The van der Waals surface area contributed by atoms with Gasteiger partial charge in [-0.15, -0.1) is 0 Å². The van der Waals surface area contributed by atoms with Crippen molar-refractivity contribution in [2.24, 2.45) is 23.1 Å². The molecule has 4 amide bonds. The minimum Gasteiger partial charge on any atom is -0.508 e. The lowest BCUT2D eigenvalue weighted by atomic mass is 10.0. The van der Waals surface area contributed by atoms with Crippen LogP contribution in [0.25, 0.3) is 0 Å². The highest BCUT2D eigenvalue weighted by molar-refractivity contribution is 5.94. The lowest BCUT2D eigenvalue weighted by Crippen LogP contribution is -2.57. The molecule has 1 rings (SSSR count). The molecule has 13 nitrogen and oxygen atoms in total. The van der Waals surface area contributed by atoms with Gasteiger partial charge in [0.05, 0.1) is 6.04 Å². The standard InChI is InChI=1S/C26H42N6O7/c1-15(2)13-18(28)23(35)30-19(10-11-22(29)34)24(36)32-21(14-16-6-8-17(33)9-7-16)25(37)31-20(26(38)39)5-3-4-12-27/h6-9,15,18-21,33H,3-5,10-14,27-28H2,1-2H3,(H2,29,34)(H,30,35)(H,31,37)(H,32,36)(H,38,39). The maximum absolute atomic E-state index is 13.3. The van der Waals surface area contributed by atoms with Gasteiger partial charge in [-0.25, -0.2) is 4.79 Å². The van der Waals surface area contributed by atoms with E-state index in [1.54, 1.807) is 12.1 Å². The summed E-state index contributed by atoms with van der Waals surface area (Å²) in [4.78, 5) is 62.2. The second kappa shape index (κ2) is 17.0. The van der Waals surface area contributed by atoms with Crippen LogP contribution in [0.1, 0.15) is 57.9 Å². The molecule has 0 bridgehead atoms. The Morgan fingerprint density at radius 3 is 1.95 bits per heavy atom. The van der Waals surface area contributed by atoms with Gasteiger partial charge >= 0.3 is 5.97 Å². The van der Waals surface area contributed by atoms with Crippen LogP contribution in [0, 0.1) is 5.92 Å². The number of phenolic OH excluding ortho intramolecular Hbond substituents is 1. The number of phenols is 1. The van der Waals surface area contributed by atoms with Crippen molar-refractivity contribution >= 4 is 29.6 Å². The number of unbranched alkanes of at least 4 members (excludes halogenated alkanes) is 1. The number of primary amides is 1. The summed E-state index contributed by atoms with van der Waals surface area (Å²) in [6.45, 7) is 4.15. The molecule has 0 radical (unpaired) electrons. The Balaban J connectivity index is 3.16. The van der Waals surface area contributed by atoms with E-state index in [-0.39, 0.29) is 37.4 Å². The molecule has 0 fully saturated rings. The summed E-state index contributed by atoms with van der Waals surface area (Å²) < 4.78 is 0. The Morgan fingerprint density at radius 2 is 1.41 bits per heavy atom. The second-order valence-electron chi connectivity index (χ2n) is 9.92. The Labute approximate surface area is 228 Å². The SMILES string of the molecule is CC(C)CC(N)C(=O)NC(CCC(N)=O)C(=O)NC(Cc1ccc(O)cc1)C(=O)NC(CCCCN)C(=O)O. The quantitative estimate of drug-likeness (QED) is 0.107. The van der Waals surface area contributed by atoms with Crippen LogP contribution in [0.2, 0.25) is 0 Å². The number of hydrogen-bond acceptors (Lipinski definition) is 8. The fourth-order valence-electron chi connectivity index (χ4n) is 3.82. The summed E-state index contributed by atoms with van der Waals surface area (Å²) in [5, 5.41) is 26.7. The van der Waals surface area contributed by atoms with Crippen LogP contribution >= 0.6 is 0 Å². The number of aliphatic carboxylic acids is 1. The van der Waals surface area contributed by atoms with E-state index in [4.69, 9.17) is 17.2 Å². The zero-order chi connectivity index (χ0) is 29.5. The predicted octanol–water partition coefficient (Wildman–Crippen LogP) is -0.758.